The molecule has 34 heavy (non-hydrogen) atoms. The van der Waals surface area contributed by atoms with Crippen molar-refractivity contribution in [2.45, 2.75) is 32.5 Å². The minimum Gasteiger partial charge on any atom is -0.494 e. The molecular formula is C25H27FN6O2. The molecule has 2 aromatic carbocycles. The number of nitrogen functional groups attached to an aromatic ring is 1. The quantitative estimate of drug-likeness (QED) is 0.426. The summed E-state index contributed by atoms with van der Waals surface area (Å²) in [5.41, 5.74) is 9.89. The van der Waals surface area contributed by atoms with Crippen molar-refractivity contribution in [3.05, 3.63) is 71.2 Å². The number of halogens is 1. The van der Waals surface area contributed by atoms with E-state index in [-0.39, 0.29) is 18.4 Å². The number of likely N-dealkylation sites (tertiary alicyclic amines) is 1. The fraction of sp³-hybridized carbons (Fsp3) is 0.320. The van der Waals surface area contributed by atoms with Crippen LogP contribution >= 0.6 is 0 Å². The number of fused-ring (bicyclic) bond motifs is 1. The number of benzene rings is 2. The smallest absolute Gasteiger partial charge is 0.320 e. The van der Waals surface area contributed by atoms with Crippen molar-refractivity contribution >= 4 is 16.9 Å². The van der Waals surface area contributed by atoms with Crippen LogP contribution in [0.3, 0.4) is 0 Å². The molecule has 1 saturated heterocycles. The Morgan fingerprint density at radius 2 is 1.68 bits per heavy atom. The number of methoxy groups -OCH3 is 1. The number of nitrogens with zero attached hydrogens (tertiary/aromatic N) is 5. The fourth-order valence-electron chi connectivity index (χ4n) is 4.20. The highest BCUT2D eigenvalue weighted by atomic mass is 19.1. The monoisotopic (exact) mass is 462 g/mol. The highest BCUT2D eigenvalue weighted by Crippen LogP contribution is 2.23. The van der Waals surface area contributed by atoms with Crippen molar-refractivity contribution in [3.63, 3.8) is 0 Å². The van der Waals surface area contributed by atoms with E-state index in [1.807, 2.05) is 0 Å². The Kier molecular flexibility index (Phi) is 6.27. The van der Waals surface area contributed by atoms with Crippen LogP contribution in [0.5, 0.6) is 11.8 Å². The summed E-state index contributed by atoms with van der Waals surface area (Å²) in [6.07, 6.45) is 4.25. The van der Waals surface area contributed by atoms with Gasteiger partial charge in [-0.3, -0.25) is 4.90 Å². The Morgan fingerprint density at radius 1 is 0.971 bits per heavy atom. The first kappa shape index (κ1) is 22.1. The summed E-state index contributed by atoms with van der Waals surface area (Å²) in [7, 11) is 1.42. The van der Waals surface area contributed by atoms with Crippen molar-refractivity contribution in [2.24, 2.45) is 0 Å². The zero-order valence-corrected chi connectivity index (χ0v) is 19.1. The van der Waals surface area contributed by atoms with Crippen LogP contribution in [0.25, 0.3) is 11.0 Å². The lowest BCUT2D eigenvalue weighted by Crippen LogP contribution is -2.18. The van der Waals surface area contributed by atoms with E-state index >= 15 is 0 Å². The molecule has 1 fully saturated rings. The second-order valence-corrected chi connectivity index (χ2v) is 8.49. The average molecular weight is 463 g/mol. The van der Waals surface area contributed by atoms with Crippen LogP contribution in [-0.4, -0.2) is 44.8 Å². The molecule has 4 aromatic rings. The summed E-state index contributed by atoms with van der Waals surface area (Å²) in [5, 5.41) is 5.13. The van der Waals surface area contributed by atoms with Gasteiger partial charge in [-0.2, -0.15) is 15.1 Å². The molecule has 0 bridgehead atoms. The Morgan fingerprint density at radius 3 is 2.41 bits per heavy atom. The first-order valence-corrected chi connectivity index (χ1v) is 11.3. The summed E-state index contributed by atoms with van der Waals surface area (Å²) in [5.74, 6) is 0.0200. The van der Waals surface area contributed by atoms with Crippen LogP contribution in [0.2, 0.25) is 0 Å². The van der Waals surface area contributed by atoms with Crippen molar-refractivity contribution in [1.29, 1.82) is 0 Å². The first-order chi connectivity index (χ1) is 16.6. The predicted octanol–water partition coefficient (Wildman–Crippen LogP) is 3.78. The minimum atomic E-state index is -0.429. The Balaban J connectivity index is 1.30. The molecule has 9 heteroatoms. The van der Waals surface area contributed by atoms with Gasteiger partial charge in [0.25, 0.3) is 0 Å². The largest absolute Gasteiger partial charge is 0.494 e. The SMILES string of the molecule is COc1cc(COc2nc(N)c3cnn(Cc4ccc(CN5CCCC5)cc4)c3n2)ccc1F. The molecule has 0 aliphatic carbocycles. The van der Waals surface area contributed by atoms with Gasteiger partial charge in [0.2, 0.25) is 0 Å². The van der Waals surface area contributed by atoms with Gasteiger partial charge in [0, 0.05) is 6.54 Å². The van der Waals surface area contributed by atoms with Crippen molar-refractivity contribution in [2.75, 3.05) is 25.9 Å². The van der Waals surface area contributed by atoms with E-state index in [9.17, 15) is 4.39 Å². The van der Waals surface area contributed by atoms with Gasteiger partial charge >= 0.3 is 6.01 Å². The van der Waals surface area contributed by atoms with E-state index in [0.717, 1.165) is 17.7 Å². The molecular weight excluding hydrogens is 435 g/mol. The summed E-state index contributed by atoms with van der Waals surface area (Å²) in [4.78, 5) is 11.3. The normalized spacial score (nSPS) is 14.1. The standard InChI is InChI=1S/C25H27FN6O2/c1-33-22-12-19(8-9-21(22)26)16-34-25-29-23(27)20-13-28-32(24(20)30-25)15-18-6-4-17(5-7-18)14-31-10-2-3-11-31/h4-9,12-13H,2-3,10-11,14-16H2,1H3,(H2,27,29,30). The van der Waals surface area contributed by atoms with Gasteiger partial charge in [-0.25, -0.2) is 9.07 Å². The lowest BCUT2D eigenvalue weighted by Gasteiger charge is -2.14. The van der Waals surface area contributed by atoms with Crippen LogP contribution in [0.15, 0.2) is 48.7 Å². The lowest BCUT2D eigenvalue weighted by molar-refractivity contribution is 0.281. The molecule has 8 nitrogen and oxygen atoms in total. The number of nitrogens with two attached hydrogens (primary N) is 1. The molecule has 0 amide bonds. The molecule has 0 radical (unpaired) electrons. The summed E-state index contributed by atoms with van der Waals surface area (Å²) in [6.45, 7) is 4.06. The number of rotatable bonds is 8. The maximum atomic E-state index is 13.6. The topological polar surface area (TPSA) is 91.3 Å². The van der Waals surface area contributed by atoms with E-state index in [4.69, 9.17) is 15.2 Å². The molecule has 0 spiro atoms. The summed E-state index contributed by atoms with van der Waals surface area (Å²) >= 11 is 0. The number of anilines is 1. The van der Waals surface area contributed by atoms with Crippen LogP contribution < -0.4 is 15.2 Å². The molecule has 176 valence electrons. The van der Waals surface area contributed by atoms with Crippen molar-refractivity contribution < 1.29 is 13.9 Å². The van der Waals surface area contributed by atoms with Gasteiger partial charge in [0.15, 0.2) is 17.2 Å². The number of aromatic nitrogens is 4. The van der Waals surface area contributed by atoms with E-state index in [1.165, 1.54) is 44.7 Å². The van der Waals surface area contributed by atoms with E-state index < -0.39 is 5.82 Å². The minimum absolute atomic E-state index is 0.135. The highest BCUT2D eigenvalue weighted by molar-refractivity contribution is 5.85. The third kappa shape index (κ3) is 4.79. The highest BCUT2D eigenvalue weighted by Gasteiger charge is 2.14. The molecule has 1 aliphatic rings. The van der Waals surface area contributed by atoms with Gasteiger partial charge in [0.1, 0.15) is 12.4 Å². The van der Waals surface area contributed by atoms with E-state index in [1.54, 1.807) is 23.0 Å². The van der Waals surface area contributed by atoms with Crippen LogP contribution in [-0.2, 0) is 19.7 Å². The number of ether oxygens (including phenoxy) is 2. The van der Waals surface area contributed by atoms with Crippen LogP contribution in [0, 0.1) is 5.82 Å². The Bertz CT molecular complexity index is 1280. The molecule has 0 unspecified atom stereocenters. The predicted molar refractivity (Wildman–Crippen MR) is 127 cm³/mol. The fourth-order valence-corrected chi connectivity index (χ4v) is 4.20. The second-order valence-electron chi connectivity index (χ2n) is 8.49. The molecule has 5 rings (SSSR count). The average Bonchev–Trinajstić information content (AvgIpc) is 3.50. The van der Waals surface area contributed by atoms with Gasteiger partial charge < -0.3 is 15.2 Å². The van der Waals surface area contributed by atoms with Crippen molar-refractivity contribution in [1.82, 2.24) is 24.6 Å². The zero-order valence-electron chi connectivity index (χ0n) is 19.1. The number of hydrogen-bond donors (Lipinski definition) is 1. The molecule has 2 N–H and O–H groups in total. The summed E-state index contributed by atoms with van der Waals surface area (Å²) < 4.78 is 26.2. The molecule has 1 aliphatic heterocycles. The van der Waals surface area contributed by atoms with Crippen LogP contribution in [0.1, 0.15) is 29.5 Å². The van der Waals surface area contributed by atoms with Gasteiger partial charge in [-0.1, -0.05) is 30.3 Å². The van der Waals surface area contributed by atoms with Gasteiger partial charge in [-0.15, -0.1) is 0 Å². The third-order valence-electron chi connectivity index (χ3n) is 6.05. The van der Waals surface area contributed by atoms with Gasteiger partial charge in [0.05, 0.1) is 25.2 Å². The van der Waals surface area contributed by atoms with E-state index in [0.29, 0.717) is 23.4 Å². The first-order valence-electron chi connectivity index (χ1n) is 11.3. The van der Waals surface area contributed by atoms with E-state index in [2.05, 4.69) is 44.2 Å². The third-order valence-corrected chi connectivity index (χ3v) is 6.05. The zero-order chi connectivity index (χ0) is 23.5. The van der Waals surface area contributed by atoms with Gasteiger partial charge in [-0.05, 0) is 54.8 Å². The summed E-state index contributed by atoms with van der Waals surface area (Å²) in [6, 6.07) is 13.3. The molecule has 0 saturated carbocycles. The maximum absolute atomic E-state index is 13.6. The second kappa shape index (κ2) is 9.64. The maximum Gasteiger partial charge on any atom is 0.320 e. The van der Waals surface area contributed by atoms with Crippen molar-refractivity contribution in [3.8, 4) is 11.8 Å². The Labute approximate surface area is 197 Å². The number of hydrogen-bond acceptors (Lipinski definition) is 7. The molecule has 0 atom stereocenters. The molecule has 2 aromatic heterocycles. The molecule has 3 heterocycles. The Hall–Kier alpha value is -3.72. The van der Waals surface area contributed by atoms with Crippen LogP contribution in [0.4, 0.5) is 10.2 Å². The lowest BCUT2D eigenvalue weighted by atomic mass is 10.1.